The van der Waals surface area contributed by atoms with Gasteiger partial charge in [0, 0.05) is 31.1 Å². The van der Waals surface area contributed by atoms with Crippen LogP contribution >= 0.6 is 0 Å². The van der Waals surface area contributed by atoms with Gasteiger partial charge in [-0.15, -0.1) is 0 Å². The number of sulfonamides is 1. The second-order valence-corrected chi connectivity index (χ2v) is 12.5. The molecule has 1 heterocycles. The lowest BCUT2D eigenvalue weighted by Crippen LogP contribution is -2.53. The molecular weight excluding hydrogens is 561 g/mol. The first-order valence-corrected chi connectivity index (χ1v) is 15.6. The minimum atomic E-state index is -3.97. The number of rotatable bonds is 12. The van der Waals surface area contributed by atoms with Crippen LogP contribution in [0.5, 0.6) is 11.5 Å². The van der Waals surface area contributed by atoms with Crippen LogP contribution in [0, 0.1) is 11.7 Å². The SMILES string of the molecule is CC(C)CNC(=O)[C@@H](Cc1ccccc1)N(Cc1ccccc1F)C(=O)CN(c1ccc2c(c1)OCCO2)S(C)(=O)=O. The van der Waals surface area contributed by atoms with E-state index in [9.17, 15) is 22.4 Å². The molecule has 4 rings (SSSR count). The first-order chi connectivity index (χ1) is 20.0. The van der Waals surface area contributed by atoms with Crippen LogP contribution in [0.2, 0.25) is 0 Å². The molecule has 1 atom stereocenters. The number of nitrogens with zero attached hydrogens (tertiary/aromatic N) is 2. The van der Waals surface area contributed by atoms with Crippen molar-refractivity contribution in [3.05, 3.63) is 89.7 Å². The standard InChI is InChI=1S/C31H36FN3O6S/c1-22(2)19-33-31(37)27(17-23-9-5-4-6-10-23)34(20-24-11-7-8-12-26(24)32)30(36)21-35(42(3,38)39)25-13-14-28-29(18-25)41-16-15-40-28/h4-14,18,22,27H,15-17,19-21H2,1-3H3,(H,33,37)/t27-/m1/s1. The normalized spacial score (nSPS) is 13.4. The van der Waals surface area contributed by atoms with Gasteiger partial charge in [0.15, 0.2) is 11.5 Å². The molecule has 0 unspecified atom stereocenters. The Labute approximate surface area is 246 Å². The van der Waals surface area contributed by atoms with Crippen LogP contribution in [-0.2, 0) is 32.6 Å². The van der Waals surface area contributed by atoms with Crippen molar-refractivity contribution >= 4 is 27.5 Å². The van der Waals surface area contributed by atoms with E-state index < -0.39 is 40.2 Å². The highest BCUT2D eigenvalue weighted by Crippen LogP contribution is 2.34. The Balaban J connectivity index is 1.73. The quantitative estimate of drug-likeness (QED) is 0.341. The lowest BCUT2D eigenvalue weighted by atomic mass is 10.0. The van der Waals surface area contributed by atoms with E-state index in [1.54, 1.807) is 12.1 Å². The van der Waals surface area contributed by atoms with Gasteiger partial charge in [0.25, 0.3) is 0 Å². The topological polar surface area (TPSA) is 105 Å². The van der Waals surface area contributed by atoms with E-state index in [0.717, 1.165) is 16.1 Å². The zero-order chi connectivity index (χ0) is 30.3. The molecule has 11 heteroatoms. The highest BCUT2D eigenvalue weighted by atomic mass is 32.2. The lowest BCUT2D eigenvalue weighted by molar-refractivity contribution is -0.140. The summed E-state index contributed by atoms with van der Waals surface area (Å²) in [4.78, 5) is 29.0. The van der Waals surface area contributed by atoms with Crippen molar-refractivity contribution in [1.29, 1.82) is 0 Å². The average Bonchev–Trinajstić information content (AvgIpc) is 2.97. The predicted molar refractivity (Wildman–Crippen MR) is 158 cm³/mol. The fraction of sp³-hybridized carbons (Fsp3) is 0.355. The van der Waals surface area contributed by atoms with E-state index in [0.29, 0.717) is 31.3 Å². The Bertz CT molecular complexity index is 1500. The minimum absolute atomic E-state index is 0.147. The third kappa shape index (κ3) is 8.00. The largest absolute Gasteiger partial charge is 0.486 e. The number of hydrogen-bond donors (Lipinski definition) is 1. The Morgan fingerprint density at radius 1 is 0.952 bits per heavy atom. The fourth-order valence-corrected chi connectivity index (χ4v) is 5.43. The summed E-state index contributed by atoms with van der Waals surface area (Å²) in [5.74, 6) is -0.642. The van der Waals surface area contributed by atoms with Gasteiger partial charge in [-0.1, -0.05) is 62.4 Å². The Morgan fingerprint density at radius 2 is 1.62 bits per heavy atom. The summed E-state index contributed by atoms with van der Waals surface area (Å²) in [7, 11) is -3.97. The molecule has 0 radical (unpaired) electrons. The van der Waals surface area contributed by atoms with Gasteiger partial charge in [0.1, 0.15) is 31.6 Å². The number of benzene rings is 3. The van der Waals surface area contributed by atoms with Gasteiger partial charge in [0.05, 0.1) is 11.9 Å². The second-order valence-electron chi connectivity index (χ2n) is 10.6. The van der Waals surface area contributed by atoms with Gasteiger partial charge in [-0.25, -0.2) is 12.8 Å². The molecule has 1 aliphatic heterocycles. The van der Waals surface area contributed by atoms with Crippen LogP contribution in [0.15, 0.2) is 72.8 Å². The number of fused-ring (bicyclic) bond motifs is 1. The smallest absolute Gasteiger partial charge is 0.244 e. The zero-order valence-corrected chi connectivity index (χ0v) is 24.8. The molecule has 9 nitrogen and oxygen atoms in total. The number of carbonyl (C=O) groups is 2. The maximum atomic E-state index is 14.9. The van der Waals surface area contributed by atoms with E-state index in [-0.39, 0.29) is 30.1 Å². The highest BCUT2D eigenvalue weighted by Gasteiger charge is 2.33. The third-order valence-corrected chi connectivity index (χ3v) is 7.89. The summed E-state index contributed by atoms with van der Waals surface area (Å²) in [6.45, 7) is 4.09. The van der Waals surface area contributed by atoms with Gasteiger partial charge in [-0.05, 0) is 29.7 Å². The summed E-state index contributed by atoms with van der Waals surface area (Å²) in [5, 5.41) is 2.90. The monoisotopic (exact) mass is 597 g/mol. The number of nitrogens with one attached hydrogen (secondary N) is 1. The van der Waals surface area contributed by atoms with Crippen LogP contribution in [0.4, 0.5) is 10.1 Å². The molecule has 0 spiro atoms. The van der Waals surface area contributed by atoms with E-state index in [1.807, 2.05) is 44.2 Å². The van der Waals surface area contributed by atoms with Crippen LogP contribution in [-0.4, -0.2) is 63.7 Å². The van der Waals surface area contributed by atoms with Crippen molar-refractivity contribution < 1.29 is 31.9 Å². The van der Waals surface area contributed by atoms with Crippen LogP contribution in [0.1, 0.15) is 25.0 Å². The summed E-state index contributed by atoms with van der Waals surface area (Å²) in [6.07, 6.45) is 1.14. The van der Waals surface area contributed by atoms with Gasteiger partial charge in [-0.2, -0.15) is 0 Å². The molecule has 1 aliphatic rings. The first-order valence-electron chi connectivity index (χ1n) is 13.7. The lowest BCUT2D eigenvalue weighted by Gasteiger charge is -2.34. The van der Waals surface area contributed by atoms with Gasteiger partial charge >= 0.3 is 0 Å². The van der Waals surface area contributed by atoms with Gasteiger partial charge < -0.3 is 19.7 Å². The number of carbonyl (C=O) groups excluding carboxylic acids is 2. The van der Waals surface area contributed by atoms with Crippen molar-refractivity contribution in [1.82, 2.24) is 10.2 Å². The van der Waals surface area contributed by atoms with Crippen molar-refractivity contribution in [3.63, 3.8) is 0 Å². The molecule has 0 saturated carbocycles. The molecule has 1 N–H and O–H groups in total. The Morgan fingerprint density at radius 3 is 2.29 bits per heavy atom. The molecule has 0 aliphatic carbocycles. The number of halogens is 1. The molecule has 0 saturated heterocycles. The van der Waals surface area contributed by atoms with Gasteiger partial charge in [-0.3, -0.25) is 13.9 Å². The van der Waals surface area contributed by atoms with Crippen molar-refractivity contribution in [2.45, 2.75) is 32.9 Å². The minimum Gasteiger partial charge on any atom is -0.486 e. The Hall–Kier alpha value is -4.12. The van der Waals surface area contributed by atoms with Gasteiger partial charge in [0.2, 0.25) is 21.8 Å². The number of hydrogen-bond acceptors (Lipinski definition) is 6. The molecule has 42 heavy (non-hydrogen) atoms. The number of ether oxygens (including phenoxy) is 2. The molecular formula is C31H36FN3O6S. The summed E-state index contributed by atoms with van der Waals surface area (Å²) < 4.78 is 53.0. The second kappa shape index (κ2) is 13.7. The maximum absolute atomic E-state index is 14.9. The maximum Gasteiger partial charge on any atom is 0.244 e. The molecule has 3 aromatic rings. The first kappa shape index (κ1) is 30.8. The molecule has 3 aromatic carbocycles. The molecule has 224 valence electrons. The number of amides is 2. The fourth-order valence-electron chi connectivity index (χ4n) is 4.59. The molecule has 0 fully saturated rings. The van der Waals surface area contributed by atoms with E-state index in [4.69, 9.17) is 9.47 Å². The van der Waals surface area contributed by atoms with Crippen LogP contribution < -0.4 is 19.1 Å². The average molecular weight is 598 g/mol. The third-order valence-electron chi connectivity index (χ3n) is 6.75. The van der Waals surface area contributed by atoms with Crippen LogP contribution in [0.25, 0.3) is 0 Å². The molecule has 0 bridgehead atoms. The summed E-state index contributed by atoms with van der Waals surface area (Å²) in [6, 6.07) is 18.7. The van der Waals surface area contributed by atoms with Crippen molar-refractivity contribution in [2.75, 3.05) is 36.9 Å². The predicted octanol–water partition coefficient (Wildman–Crippen LogP) is 3.78. The van der Waals surface area contributed by atoms with Crippen LogP contribution in [0.3, 0.4) is 0 Å². The zero-order valence-electron chi connectivity index (χ0n) is 24.0. The molecule has 0 aromatic heterocycles. The number of anilines is 1. The molecule has 2 amide bonds. The highest BCUT2D eigenvalue weighted by molar-refractivity contribution is 7.92. The van der Waals surface area contributed by atoms with Crippen molar-refractivity contribution in [3.8, 4) is 11.5 Å². The Kier molecular flexibility index (Phi) is 10.1. The van der Waals surface area contributed by atoms with E-state index in [2.05, 4.69) is 5.32 Å². The summed E-state index contributed by atoms with van der Waals surface area (Å²) in [5.41, 5.74) is 1.19. The van der Waals surface area contributed by atoms with E-state index in [1.165, 1.54) is 35.2 Å². The summed E-state index contributed by atoms with van der Waals surface area (Å²) >= 11 is 0. The van der Waals surface area contributed by atoms with Crippen molar-refractivity contribution in [2.24, 2.45) is 5.92 Å². The van der Waals surface area contributed by atoms with E-state index >= 15 is 0 Å².